The van der Waals surface area contributed by atoms with Crippen molar-refractivity contribution in [3.8, 4) is 62.0 Å². The van der Waals surface area contributed by atoms with Gasteiger partial charge in [0.1, 0.15) is 11.6 Å². The molecule has 0 aliphatic carbocycles. The molecule has 0 bridgehead atoms. The van der Waals surface area contributed by atoms with Crippen LogP contribution in [-0.2, 0) is 48.1 Å². The Balaban J connectivity index is 0.00000688. The molecule has 0 saturated heterocycles. The maximum absolute atomic E-state index is 11.5. The van der Waals surface area contributed by atoms with E-state index in [1.807, 2.05) is 24.4 Å². The van der Waals surface area contributed by atoms with Gasteiger partial charge in [-0.15, -0.1) is 29.3 Å². The van der Waals surface area contributed by atoms with Crippen molar-refractivity contribution in [1.82, 2.24) is 19.1 Å². The minimum absolute atomic E-state index is 0. The van der Waals surface area contributed by atoms with E-state index in [9.17, 15) is 5.11 Å². The third-order valence-corrected chi connectivity index (χ3v) is 15.7. The van der Waals surface area contributed by atoms with E-state index >= 15 is 0 Å². The molecule has 5 nitrogen and oxygen atoms in total. The zero-order valence-corrected chi connectivity index (χ0v) is 50.4. The Hall–Kier alpha value is -7.07. The number of pyridine rings is 1. The molecule has 11 rings (SSSR count). The minimum atomic E-state index is -0.203. The van der Waals surface area contributed by atoms with Crippen molar-refractivity contribution in [1.29, 1.82) is 0 Å². The predicted molar refractivity (Wildman–Crippen MR) is 326 cm³/mol. The standard InChI is InChI=1S/C72H73N4O.Pt/c1-68(2,3)48-31-30-44-35-50(70(7,8)9)43-63(59(44)42-48)76-61-27-18-16-22-56(61)57-26-20-25-55(66(57)76)45-32-33-73-60(38-45)47-34-46(36-49(37-47)69(4,5)6)54-24-21-28-62-65(54)74-67(58-23-17-19-29-64(58)77)75(62)53-40-51(71(10,11)12)39-52(41-53)72(13,14)15;/h16-33,35-43,77H,1-15H3;/q-1;. The summed E-state index contributed by atoms with van der Waals surface area (Å²) in [5, 5.41) is 16.4. The van der Waals surface area contributed by atoms with Crippen LogP contribution in [0.4, 0.5) is 0 Å². The molecule has 3 aromatic heterocycles. The van der Waals surface area contributed by atoms with Crippen molar-refractivity contribution in [3.63, 3.8) is 0 Å². The van der Waals surface area contributed by atoms with Gasteiger partial charge in [0.15, 0.2) is 0 Å². The number of nitrogens with zero attached hydrogens (tertiary/aromatic N) is 4. The predicted octanol–water partition coefficient (Wildman–Crippen LogP) is 19.3. The van der Waals surface area contributed by atoms with Gasteiger partial charge in [-0.1, -0.05) is 206 Å². The van der Waals surface area contributed by atoms with Crippen molar-refractivity contribution in [2.24, 2.45) is 0 Å². The molecule has 11 aromatic rings. The molecule has 0 radical (unpaired) electrons. The Morgan fingerprint density at radius 1 is 0.436 bits per heavy atom. The first-order chi connectivity index (χ1) is 36.2. The summed E-state index contributed by atoms with van der Waals surface area (Å²) < 4.78 is 4.77. The van der Waals surface area contributed by atoms with Gasteiger partial charge in [0.05, 0.1) is 33.3 Å². The van der Waals surface area contributed by atoms with Gasteiger partial charge in [-0.2, -0.15) is 0 Å². The van der Waals surface area contributed by atoms with Crippen molar-refractivity contribution in [3.05, 3.63) is 198 Å². The molecule has 0 atom stereocenters. The van der Waals surface area contributed by atoms with E-state index in [0.717, 1.165) is 55.7 Å². The Kier molecular flexibility index (Phi) is 13.5. The fourth-order valence-corrected chi connectivity index (χ4v) is 11.0. The maximum Gasteiger partial charge on any atom is 0.148 e. The van der Waals surface area contributed by atoms with Crippen molar-refractivity contribution in [2.75, 3.05) is 0 Å². The fraction of sp³-hybridized carbons (Fsp3) is 0.278. The number of para-hydroxylation sites is 4. The fourth-order valence-electron chi connectivity index (χ4n) is 11.0. The number of hydrogen-bond donors (Lipinski definition) is 1. The number of fused-ring (bicyclic) bond motifs is 5. The molecule has 6 heteroatoms. The third kappa shape index (κ3) is 9.82. The number of phenolic OH excluding ortho intramolecular Hbond substituents is 1. The van der Waals surface area contributed by atoms with E-state index < -0.39 is 0 Å². The second-order valence-electron chi connectivity index (χ2n) is 26.6. The molecule has 8 aromatic carbocycles. The number of hydrogen-bond acceptors (Lipinski definition) is 3. The minimum Gasteiger partial charge on any atom is -0.507 e. The summed E-state index contributed by atoms with van der Waals surface area (Å²) >= 11 is 0. The smallest absolute Gasteiger partial charge is 0.148 e. The molecule has 78 heavy (non-hydrogen) atoms. The van der Waals surface area contributed by atoms with Crippen LogP contribution in [0, 0.1) is 6.07 Å². The van der Waals surface area contributed by atoms with Crippen LogP contribution in [0.25, 0.3) is 99.9 Å². The van der Waals surface area contributed by atoms with E-state index in [4.69, 9.17) is 9.97 Å². The van der Waals surface area contributed by atoms with Gasteiger partial charge in [-0.3, -0.25) is 9.55 Å². The SMILES string of the molecule is CC(C)(C)c1cc(-c2cc(-c3cccc4c5ccccc5n(-c5cc(C(C)(C)C)cc6ccc(C(C)(C)C)cc56)c34)ccn2)[c-]c(-c2cccc3c2nc(-c2ccccc2O)n3-c2cc(C(C)(C)C)cc(C(C)(C)C)c2)c1.[Pt]. The molecule has 3 heterocycles. The van der Waals surface area contributed by atoms with Gasteiger partial charge in [-0.05, 0) is 115 Å². The number of phenols is 1. The van der Waals surface area contributed by atoms with E-state index in [-0.39, 0.29) is 53.9 Å². The molecule has 0 spiro atoms. The second-order valence-corrected chi connectivity index (χ2v) is 26.6. The molecule has 1 N–H and O–H groups in total. The topological polar surface area (TPSA) is 55.9 Å². The summed E-state index contributed by atoms with van der Waals surface area (Å²) in [6.07, 6.45) is 1.96. The molecule has 0 saturated carbocycles. The second kappa shape index (κ2) is 19.4. The normalized spacial score (nSPS) is 12.8. The summed E-state index contributed by atoms with van der Waals surface area (Å²) in [5.41, 5.74) is 18.6. The molecule has 0 aliphatic heterocycles. The summed E-state index contributed by atoms with van der Waals surface area (Å²) in [6, 6.07) is 61.3. The molecule has 0 aliphatic rings. The van der Waals surface area contributed by atoms with Gasteiger partial charge < -0.3 is 9.67 Å². The Morgan fingerprint density at radius 2 is 1.00 bits per heavy atom. The molecule has 398 valence electrons. The van der Waals surface area contributed by atoms with Gasteiger partial charge in [-0.25, -0.2) is 4.98 Å². The number of rotatable bonds is 6. The Bertz CT molecular complexity index is 4100. The first-order valence-electron chi connectivity index (χ1n) is 27.4. The average molecular weight is 1210 g/mol. The number of aromatic nitrogens is 4. The van der Waals surface area contributed by atoms with Gasteiger partial charge in [0.2, 0.25) is 0 Å². The van der Waals surface area contributed by atoms with Crippen LogP contribution in [0.15, 0.2) is 164 Å². The zero-order valence-electron chi connectivity index (χ0n) is 48.1. The van der Waals surface area contributed by atoms with Crippen LogP contribution in [0.3, 0.4) is 0 Å². The summed E-state index contributed by atoms with van der Waals surface area (Å²) in [4.78, 5) is 10.7. The van der Waals surface area contributed by atoms with E-state index in [1.54, 1.807) is 6.07 Å². The van der Waals surface area contributed by atoms with Crippen LogP contribution in [0.2, 0.25) is 0 Å². The third-order valence-electron chi connectivity index (χ3n) is 15.7. The van der Waals surface area contributed by atoms with Crippen LogP contribution in [0.5, 0.6) is 5.75 Å². The molecular weight excluding hydrogens is 1130 g/mol. The first kappa shape index (κ1) is 54.3. The number of aromatic hydroxyl groups is 1. The Labute approximate surface area is 476 Å². The van der Waals surface area contributed by atoms with E-state index in [2.05, 4.69) is 253 Å². The molecule has 0 unspecified atom stereocenters. The summed E-state index contributed by atoms with van der Waals surface area (Å²) in [6.45, 7) is 34.2. The van der Waals surface area contributed by atoms with Crippen molar-refractivity contribution in [2.45, 2.75) is 131 Å². The van der Waals surface area contributed by atoms with Crippen LogP contribution in [-0.4, -0.2) is 24.2 Å². The quantitative estimate of drug-likeness (QED) is 0.169. The van der Waals surface area contributed by atoms with Gasteiger partial charge >= 0.3 is 0 Å². The monoisotopic (exact) mass is 1200 g/mol. The number of benzene rings is 8. The Morgan fingerprint density at radius 3 is 1.68 bits per heavy atom. The first-order valence-corrected chi connectivity index (χ1v) is 27.4. The van der Waals surface area contributed by atoms with Crippen LogP contribution in [0.1, 0.15) is 132 Å². The van der Waals surface area contributed by atoms with Crippen molar-refractivity contribution < 1.29 is 26.2 Å². The maximum atomic E-state index is 11.5. The zero-order chi connectivity index (χ0) is 54.7. The molecule has 0 amide bonds. The summed E-state index contributed by atoms with van der Waals surface area (Å²) in [7, 11) is 0. The molecule has 0 fully saturated rings. The van der Waals surface area contributed by atoms with E-state index in [0.29, 0.717) is 11.4 Å². The summed E-state index contributed by atoms with van der Waals surface area (Å²) in [5.74, 6) is 0.859. The largest absolute Gasteiger partial charge is 0.507 e. The van der Waals surface area contributed by atoms with E-state index in [1.165, 1.54) is 60.6 Å². The van der Waals surface area contributed by atoms with Gasteiger partial charge in [0.25, 0.3) is 0 Å². The number of imidazole rings is 1. The van der Waals surface area contributed by atoms with Gasteiger partial charge in [0, 0.05) is 60.4 Å². The van der Waals surface area contributed by atoms with Crippen LogP contribution >= 0.6 is 0 Å². The van der Waals surface area contributed by atoms with Crippen molar-refractivity contribution >= 4 is 43.6 Å². The van der Waals surface area contributed by atoms with Crippen LogP contribution < -0.4 is 0 Å². The average Bonchev–Trinajstić information content (AvgIpc) is 4.05. The molecular formula is C72H73N4OPt-.